The number of hydrogen-bond donors (Lipinski definition) is 1. The molecule has 1 N–H and O–H groups in total. The molecule has 7 heteroatoms. The highest BCUT2D eigenvalue weighted by molar-refractivity contribution is 7.91. The normalized spacial score (nSPS) is 18.7. The van der Waals surface area contributed by atoms with Crippen LogP contribution in [0.4, 0.5) is 0 Å². The number of likely N-dealkylation sites (tertiary alicyclic amines) is 1. The molecule has 126 valence electrons. The smallest absolute Gasteiger partial charge is 0.308 e. The lowest BCUT2D eigenvalue weighted by Gasteiger charge is -2.30. The average Bonchev–Trinajstić information content (AvgIpc) is 2.55. The van der Waals surface area contributed by atoms with Crippen molar-refractivity contribution in [3.8, 4) is 0 Å². The molecular weight excluding hydrogens is 318 g/mol. The molecule has 1 aliphatic rings. The molecular formula is C16H21NO5S. The summed E-state index contributed by atoms with van der Waals surface area (Å²) in [5, 5.41) is 9.08. The van der Waals surface area contributed by atoms with Crippen LogP contribution in [0.1, 0.15) is 25.3 Å². The van der Waals surface area contributed by atoms with Gasteiger partial charge in [-0.1, -0.05) is 19.1 Å². The molecule has 0 radical (unpaired) electrons. The van der Waals surface area contributed by atoms with Gasteiger partial charge < -0.3 is 10.0 Å². The monoisotopic (exact) mass is 339 g/mol. The number of sulfone groups is 1. The van der Waals surface area contributed by atoms with Crippen molar-refractivity contribution in [1.82, 2.24) is 4.90 Å². The van der Waals surface area contributed by atoms with Crippen molar-refractivity contribution >= 4 is 21.7 Å². The molecule has 0 aliphatic carbocycles. The van der Waals surface area contributed by atoms with Crippen molar-refractivity contribution in [2.24, 2.45) is 5.92 Å². The molecule has 23 heavy (non-hydrogen) atoms. The Morgan fingerprint density at radius 2 is 2.09 bits per heavy atom. The van der Waals surface area contributed by atoms with Crippen LogP contribution in [0.2, 0.25) is 0 Å². The fourth-order valence-electron chi connectivity index (χ4n) is 2.71. The number of carboxylic acids is 1. The first-order chi connectivity index (χ1) is 10.8. The third-order valence-electron chi connectivity index (χ3n) is 4.12. The van der Waals surface area contributed by atoms with Crippen LogP contribution in [0.15, 0.2) is 29.2 Å². The molecule has 0 spiro atoms. The second kappa shape index (κ2) is 7.12. The van der Waals surface area contributed by atoms with Gasteiger partial charge in [0.15, 0.2) is 9.84 Å². The van der Waals surface area contributed by atoms with E-state index in [-0.39, 0.29) is 29.5 Å². The Morgan fingerprint density at radius 1 is 1.35 bits per heavy atom. The van der Waals surface area contributed by atoms with Gasteiger partial charge in [0.2, 0.25) is 5.91 Å². The highest BCUT2D eigenvalue weighted by Gasteiger charge is 2.28. The molecule has 1 fully saturated rings. The largest absolute Gasteiger partial charge is 0.481 e. The van der Waals surface area contributed by atoms with Crippen LogP contribution in [0.3, 0.4) is 0 Å². The zero-order chi connectivity index (χ0) is 17.0. The molecule has 0 bridgehead atoms. The van der Waals surface area contributed by atoms with E-state index in [4.69, 9.17) is 5.11 Å². The summed E-state index contributed by atoms with van der Waals surface area (Å²) < 4.78 is 23.8. The fraction of sp³-hybridized carbons (Fsp3) is 0.500. The lowest BCUT2D eigenvalue weighted by molar-refractivity contribution is -0.145. The van der Waals surface area contributed by atoms with Gasteiger partial charge in [-0.2, -0.15) is 0 Å². The summed E-state index contributed by atoms with van der Waals surface area (Å²) in [7, 11) is -3.30. The van der Waals surface area contributed by atoms with Crippen LogP contribution in [0.25, 0.3) is 0 Å². The van der Waals surface area contributed by atoms with E-state index < -0.39 is 21.7 Å². The van der Waals surface area contributed by atoms with Crippen LogP contribution in [0, 0.1) is 5.92 Å². The Balaban J connectivity index is 2.09. The molecule has 1 amide bonds. The molecule has 6 nitrogen and oxygen atoms in total. The van der Waals surface area contributed by atoms with Gasteiger partial charge in [0.1, 0.15) is 0 Å². The summed E-state index contributed by atoms with van der Waals surface area (Å²) in [6, 6.07) is 6.39. The molecule has 1 saturated heterocycles. The minimum absolute atomic E-state index is 0.0107. The maximum atomic E-state index is 12.3. The van der Waals surface area contributed by atoms with Crippen molar-refractivity contribution in [3.63, 3.8) is 0 Å². The number of aliphatic carboxylic acids is 1. The maximum Gasteiger partial charge on any atom is 0.308 e. The summed E-state index contributed by atoms with van der Waals surface area (Å²) in [6.45, 7) is 2.35. The zero-order valence-electron chi connectivity index (χ0n) is 13.1. The molecule has 1 heterocycles. The number of benzene rings is 1. The number of rotatable bonds is 5. The number of nitrogens with zero attached hydrogens (tertiary/aromatic N) is 1. The Morgan fingerprint density at radius 3 is 2.74 bits per heavy atom. The van der Waals surface area contributed by atoms with E-state index in [1.54, 1.807) is 24.0 Å². The van der Waals surface area contributed by atoms with Gasteiger partial charge >= 0.3 is 5.97 Å². The summed E-state index contributed by atoms with van der Waals surface area (Å²) in [4.78, 5) is 25.2. The van der Waals surface area contributed by atoms with Crippen molar-refractivity contribution in [2.45, 2.75) is 31.1 Å². The van der Waals surface area contributed by atoms with E-state index in [2.05, 4.69) is 0 Å². The van der Waals surface area contributed by atoms with Crippen molar-refractivity contribution in [2.75, 3.05) is 18.8 Å². The van der Waals surface area contributed by atoms with E-state index in [0.717, 1.165) is 0 Å². The SMILES string of the molecule is CCS(=O)(=O)c1cccc(CC(=O)N2CCCC(C(=O)O)C2)c1. The van der Waals surface area contributed by atoms with E-state index in [0.29, 0.717) is 24.9 Å². The van der Waals surface area contributed by atoms with Gasteiger partial charge in [-0.3, -0.25) is 9.59 Å². The van der Waals surface area contributed by atoms with Crippen molar-refractivity contribution < 1.29 is 23.1 Å². The maximum absolute atomic E-state index is 12.3. The van der Waals surface area contributed by atoms with Crippen LogP contribution in [-0.4, -0.2) is 49.1 Å². The molecule has 2 rings (SSSR count). The van der Waals surface area contributed by atoms with E-state index in [9.17, 15) is 18.0 Å². The molecule has 1 aromatic carbocycles. The van der Waals surface area contributed by atoms with Gasteiger partial charge in [-0.25, -0.2) is 8.42 Å². The predicted octanol–water partition coefficient (Wildman–Crippen LogP) is 1.35. The standard InChI is InChI=1S/C16H21NO5S/c1-2-23(21,22)14-7-3-5-12(9-14)10-15(18)17-8-4-6-13(11-17)16(19)20/h3,5,7,9,13H,2,4,6,8,10-11H2,1H3,(H,19,20). The summed E-state index contributed by atoms with van der Waals surface area (Å²) in [5.74, 6) is -1.54. The second-order valence-electron chi connectivity index (χ2n) is 5.74. The van der Waals surface area contributed by atoms with Gasteiger partial charge in [-0.15, -0.1) is 0 Å². The summed E-state index contributed by atoms with van der Waals surface area (Å²) >= 11 is 0. The van der Waals surface area contributed by atoms with Gasteiger partial charge in [0, 0.05) is 13.1 Å². The summed E-state index contributed by atoms with van der Waals surface area (Å²) in [6.07, 6.45) is 1.34. The fourth-order valence-corrected chi connectivity index (χ4v) is 3.66. The average molecular weight is 339 g/mol. The number of hydrogen-bond acceptors (Lipinski definition) is 4. The number of carbonyl (C=O) groups is 2. The molecule has 1 atom stereocenters. The molecule has 0 saturated carbocycles. The van der Waals surface area contributed by atoms with E-state index in [1.807, 2.05) is 0 Å². The Bertz CT molecular complexity index is 698. The van der Waals surface area contributed by atoms with Crippen LogP contribution in [-0.2, 0) is 25.8 Å². The Labute approximate surface area is 136 Å². The highest BCUT2D eigenvalue weighted by atomic mass is 32.2. The number of carbonyl (C=O) groups excluding carboxylic acids is 1. The van der Waals surface area contributed by atoms with Crippen LogP contribution >= 0.6 is 0 Å². The third-order valence-corrected chi connectivity index (χ3v) is 5.85. The molecule has 1 unspecified atom stereocenters. The van der Waals surface area contributed by atoms with Crippen molar-refractivity contribution in [3.05, 3.63) is 29.8 Å². The minimum atomic E-state index is -3.30. The first-order valence-corrected chi connectivity index (χ1v) is 9.31. The molecule has 1 aliphatic heterocycles. The van der Waals surface area contributed by atoms with Crippen LogP contribution in [0.5, 0.6) is 0 Å². The van der Waals surface area contributed by atoms with Crippen LogP contribution < -0.4 is 0 Å². The number of amides is 1. The van der Waals surface area contributed by atoms with Gasteiger partial charge in [-0.05, 0) is 30.5 Å². The van der Waals surface area contributed by atoms with E-state index >= 15 is 0 Å². The number of carboxylic acid groups (broad SMARTS) is 1. The van der Waals surface area contributed by atoms with Gasteiger partial charge in [0.25, 0.3) is 0 Å². The van der Waals surface area contributed by atoms with Crippen molar-refractivity contribution in [1.29, 1.82) is 0 Å². The Kier molecular flexibility index (Phi) is 5.41. The zero-order valence-corrected chi connectivity index (χ0v) is 13.9. The third kappa shape index (κ3) is 4.31. The quantitative estimate of drug-likeness (QED) is 0.874. The summed E-state index contributed by atoms with van der Waals surface area (Å²) in [5.41, 5.74) is 0.627. The lowest BCUT2D eigenvalue weighted by atomic mass is 9.97. The number of piperidine rings is 1. The second-order valence-corrected chi connectivity index (χ2v) is 8.02. The Hall–Kier alpha value is -1.89. The predicted molar refractivity (Wildman–Crippen MR) is 84.8 cm³/mol. The first kappa shape index (κ1) is 17.5. The molecule has 0 aromatic heterocycles. The molecule has 1 aromatic rings. The van der Waals surface area contributed by atoms with Gasteiger partial charge in [0.05, 0.1) is 23.0 Å². The van der Waals surface area contributed by atoms with E-state index in [1.165, 1.54) is 12.1 Å². The minimum Gasteiger partial charge on any atom is -0.481 e. The topological polar surface area (TPSA) is 91.8 Å². The first-order valence-electron chi connectivity index (χ1n) is 7.65. The lowest BCUT2D eigenvalue weighted by Crippen LogP contribution is -2.43. The highest BCUT2D eigenvalue weighted by Crippen LogP contribution is 2.19.